The monoisotopic (exact) mass is 346 g/mol. The van der Waals surface area contributed by atoms with Crippen molar-refractivity contribution >= 4 is 11.8 Å². The molecule has 0 aromatic carbocycles. The first kappa shape index (κ1) is 18.0. The number of carbonyl (C=O) groups is 2. The fourth-order valence-electron chi connectivity index (χ4n) is 4.22. The summed E-state index contributed by atoms with van der Waals surface area (Å²) < 4.78 is 0. The summed E-state index contributed by atoms with van der Waals surface area (Å²) >= 11 is 0. The minimum absolute atomic E-state index is 0.0215. The number of H-pyrrole nitrogens is 1. The highest BCUT2D eigenvalue weighted by molar-refractivity contribution is 5.93. The predicted molar refractivity (Wildman–Crippen MR) is 96.2 cm³/mol. The van der Waals surface area contributed by atoms with Crippen molar-refractivity contribution in [3.8, 4) is 0 Å². The summed E-state index contributed by atoms with van der Waals surface area (Å²) in [5.74, 6) is 0.919. The van der Waals surface area contributed by atoms with Gasteiger partial charge in [-0.1, -0.05) is 26.7 Å². The zero-order valence-electron chi connectivity index (χ0n) is 15.6. The predicted octanol–water partition coefficient (Wildman–Crippen LogP) is 2.47. The number of rotatable bonds is 4. The van der Waals surface area contributed by atoms with Crippen LogP contribution in [-0.2, 0) is 11.2 Å². The number of aryl methyl sites for hydroxylation is 1. The van der Waals surface area contributed by atoms with Crippen LogP contribution in [-0.4, -0.2) is 57.5 Å². The van der Waals surface area contributed by atoms with Crippen LogP contribution >= 0.6 is 0 Å². The van der Waals surface area contributed by atoms with Crippen LogP contribution < -0.4 is 0 Å². The van der Waals surface area contributed by atoms with Gasteiger partial charge in [0.1, 0.15) is 5.69 Å². The molecule has 1 aromatic rings. The van der Waals surface area contributed by atoms with Gasteiger partial charge in [-0.25, -0.2) is 0 Å². The normalized spacial score (nSPS) is 26.9. The molecule has 2 heterocycles. The van der Waals surface area contributed by atoms with Crippen molar-refractivity contribution in [3.63, 3.8) is 0 Å². The molecule has 0 spiro atoms. The molecular formula is C19H30N4O2. The first-order valence-corrected chi connectivity index (χ1v) is 9.65. The molecule has 2 aliphatic rings. The fraction of sp³-hybridized carbons (Fsp3) is 0.737. The van der Waals surface area contributed by atoms with Crippen LogP contribution in [0.15, 0.2) is 6.07 Å². The zero-order valence-corrected chi connectivity index (χ0v) is 15.6. The Kier molecular flexibility index (Phi) is 5.45. The van der Waals surface area contributed by atoms with E-state index in [-0.39, 0.29) is 23.8 Å². The van der Waals surface area contributed by atoms with E-state index in [4.69, 9.17) is 0 Å². The van der Waals surface area contributed by atoms with E-state index in [1.165, 1.54) is 0 Å². The lowest BCUT2D eigenvalue weighted by Gasteiger charge is -2.40. The molecule has 1 aliphatic carbocycles. The van der Waals surface area contributed by atoms with Gasteiger partial charge in [0.05, 0.1) is 0 Å². The average molecular weight is 346 g/mol. The van der Waals surface area contributed by atoms with Gasteiger partial charge in [-0.05, 0) is 38.2 Å². The second kappa shape index (κ2) is 7.58. The van der Waals surface area contributed by atoms with Crippen molar-refractivity contribution in [1.29, 1.82) is 0 Å². The summed E-state index contributed by atoms with van der Waals surface area (Å²) in [6, 6.07) is 1.88. The third-order valence-corrected chi connectivity index (χ3v) is 5.75. The zero-order chi connectivity index (χ0) is 18.0. The first-order valence-electron chi connectivity index (χ1n) is 9.65. The highest BCUT2D eigenvalue weighted by Crippen LogP contribution is 2.33. The van der Waals surface area contributed by atoms with Crippen LogP contribution in [0.5, 0.6) is 0 Å². The highest BCUT2D eigenvalue weighted by Gasteiger charge is 2.37. The number of nitrogens with one attached hydrogen (secondary N) is 1. The van der Waals surface area contributed by atoms with Crippen molar-refractivity contribution in [2.24, 2.45) is 11.8 Å². The molecule has 1 saturated heterocycles. The Morgan fingerprint density at radius 2 is 2.08 bits per heavy atom. The van der Waals surface area contributed by atoms with E-state index in [2.05, 4.69) is 24.0 Å². The van der Waals surface area contributed by atoms with E-state index in [0.29, 0.717) is 31.2 Å². The average Bonchev–Trinajstić information content (AvgIpc) is 3.23. The molecule has 1 aromatic heterocycles. The molecule has 3 atom stereocenters. The molecular weight excluding hydrogens is 316 g/mol. The number of aromatic nitrogens is 2. The molecule has 3 unspecified atom stereocenters. The SMILES string of the molecule is CCCc1cc(C(=O)N2CCN(C(=O)C3CCCC3C)CC2C)n[nH]1. The van der Waals surface area contributed by atoms with Gasteiger partial charge in [0, 0.05) is 37.3 Å². The summed E-state index contributed by atoms with van der Waals surface area (Å²) in [6.07, 6.45) is 5.25. The molecule has 6 heteroatoms. The number of aromatic amines is 1. The van der Waals surface area contributed by atoms with Crippen molar-refractivity contribution < 1.29 is 9.59 Å². The van der Waals surface area contributed by atoms with E-state index in [1.807, 2.05) is 22.8 Å². The van der Waals surface area contributed by atoms with Crippen LogP contribution in [0.3, 0.4) is 0 Å². The topological polar surface area (TPSA) is 69.3 Å². The molecule has 2 amide bonds. The summed E-state index contributed by atoms with van der Waals surface area (Å²) in [4.78, 5) is 29.4. The van der Waals surface area contributed by atoms with Crippen molar-refractivity contribution in [1.82, 2.24) is 20.0 Å². The molecule has 3 rings (SSSR count). The molecule has 0 bridgehead atoms. The lowest BCUT2D eigenvalue weighted by molar-refractivity contribution is -0.139. The molecule has 138 valence electrons. The third-order valence-electron chi connectivity index (χ3n) is 5.75. The van der Waals surface area contributed by atoms with Gasteiger partial charge in [0.2, 0.25) is 5.91 Å². The molecule has 6 nitrogen and oxygen atoms in total. The van der Waals surface area contributed by atoms with Gasteiger partial charge in [0.25, 0.3) is 5.91 Å². The Bertz CT molecular complexity index is 627. The first-order chi connectivity index (χ1) is 12.0. The van der Waals surface area contributed by atoms with Crippen LogP contribution in [0.25, 0.3) is 0 Å². The van der Waals surface area contributed by atoms with Gasteiger partial charge in [-0.2, -0.15) is 5.10 Å². The largest absolute Gasteiger partial charge is 0.339 e. The van der Waals surface area contributed by atoms with Crippen molar-refractivity contribution in [2.45, 2.75) is 58.9 Å². The number of carbonyl (C=O) groups excluding carboxylic acids is 2. The smallest absolute Gasteiger partial charge is 0.274 e. The van der Waals surface area contributed by atoms with E-state index >= 15 is 0 Å². The number of amides is 2. The standard InChI is InChI=1S/C19H30N4O2/c1-4-6-15-11-17(21-20-15)19(25)23-10-9-22(12-14(23)3)18(24)16-8-5-7-13(16)2/h11,13-14,16H,4-10,12H2,1-3H3,(H,20,21). The summed E-state index contributed by atoms with van der Waals surface area (Å²) in [5, 5.41) is 7.12. The van der Waals surface area contributed by atoms with E-state index < -0.39 is 0 Å². The Balaban J connectivity index is 1.61. The number of nitrogens with zero attached hydrogens (tertiary/aromatic N) is 3. The van der Waals surface area contributed by atoms with Gasteiger partial charge >= 0.3 is 0 Å². The minimum Gasteiger partial charge on any atom is -0.339 e. The maximum atomic E-state index is 12.8. The van der Waals surface area contributed by atoms with Crippen molar-refractivity contribution in [2.75, 3.05) is 19.6 Å². The number of piperazine rings is 1. The third kappa shape index (κ3) is 3.72. The number of hydrogen-bond acceptors (Lipinski definition) is 3. The van der Waals surface area contributed by atoms with Crippen LogP contribution in [0.1, 0.15) is 62.6 Å². The minimum atomic E-state index is -0.0348. The van der Waals surface area contributed by atoms with Gasteiger partial charge < -0.3 is 9.80 Å². The van der Waals surface area contributed by atoms with Gasteiger partial charge in [-0.15, -0.1) is 0 Å². The maximum Gasteiger partial charge on any atom is 0.274 e. The van der Waals surface area contributed by atoms with Crippen molar-refractivity contribution in [3.05, 3.63) is 17.5 Å². The van der Waals surface area contributed by atoms with E-state index in [9.17, 15) is 9.59 Å². The fourth-order valence-corrected chi connectivity index (χ4v) is 4.22. The Morgan fingerprint density at radius 1 is 1.28 bits per heavy atom. The second-order valence-corrected chi connectivity index (χ2v) is 7.67. The molecule has 2 fully saturated rings. The van der Waals surface area contributed by atoms with Gasteiger partial charge in [0.15, 0.2) is 0 Å². The van der Waals surface area contributed by atoms with Gasteiger partial charge in [-0.3, -0.25) is 14.7 Å². The highest BCUT2D eigenvalue weighted by atomic mass is 16.2. The molecule has 1 N–H and O–H groups in total. The van der Waals surface area contributed by atoms with E-state index in [0.717, 1.165) is 37.8 Å². The molecule has 0 radical (unpaired) electrons. The maximum absolute atomic E-state index is 12.8. The number of hydrogen-bond donors (Lipinski definition) is 1. The summed E-state index contributed by atoms with van der Waals surface area (Å²) in [6.45, 7) is 8.15. The quantitative estimate of drug-likeness (QED) is 0.910. The van der Waals surface area contributed by atoms with Crippen LogP contribution in [0.2, 0.25) is 0 Å². The Morgan fingerprint density at radius 3 is 2.72 bits per heavy atom. The Labute approximate surface area is 149 Å². The molecule has 1 saturated carbocycles. The van der Waals surface area contributed by atoms with Crippen LogP contribution in [0, 0.1) is 11.8 Å². The lowest BCUT2D eigenvalue weighted by atomic mass is 9.96. The summed E-state index contributed by atoms with van der Waals surface area (Å²) in [5.41, 5.74) is 1.49. The van der Waals surface area contributed by atoms with Crippen LogP contribution in [0.4, 0.5) is 0 Å². The van der Waals surface area contributed by atoms with E-state index in [1.54, 1.807) is 0 Å². The lowest BCUT2D eigenvalue weighted by Crippen LogP contribution is -2.56. The Hall–Kier alpha value is -1.85. The molecule has 1 aliphatic heterocycles. The second-order valence-electron chi connectivity index (χ2n) is 7.67. The molecule has 25 heavy (non-hydrogen) atoms. The summed E-state index contributed by atoms with van der Waals surface area (Å²) in [7, 11) is 0.